The first-order valence-electron chi connectivity index (χ1n) is 4.47. The van der Waals surface area contributed by atoms with Gasteiger partial charge in [0.2, 0.25) is 0 Å². The average molecular weight is 305 g/mol. The van der Waals surface area contributed by atoms with Crippen LogP contribution in [0, 0.1) is 0 Å². The van der Waals surface area contributed by atoms with Gasteiger partial charge in [-0.2, -0.15) is 0 Å². The van der Waals surface area contributed by atoms with Gasteiger partial charge in [0.1, 0.15) is 0 Å². The maximum Gasteiger partial charge on any atom is 0.175 e. The lowest BCUT2D eigenvalue weighted by atomic mass is 10.2. The van der Waals surface area contributed by atoms with E-state index >= 15 is 0 Å². The summed E-state index contributed by atoms with van der Waals surface area (Å²) in [7, 11) is -3.21. The van der Waals surface area contributed by atoms with Gasteiger partial charge in [-0.05, 0) is 18.2 Å². The van der Waals surface area contributed by atoms with E-state index in [1.54, 1.807) is 6.07 Å². The van der Waals surface area contributed by atoms with Crippen molar-refractivity contribution in [3.8, 4) is 0 Å². The number of benzene rings is 1. The molecule has 3 N–H and O–H groups in total. The lowest BCUT2D eigenvalue weighted by Crippen LogP contribution is -2.05. The van der Waals surface area contributed by atoms with Crippen molar-refractivity contribution in [1.82, 2.24) is 0 Å². The summed E-state index contributed by atoms with van der Waals surface area (Å²) in [4.78, 5) is 0.216. The molecule has 0 heterocycles. The van der Waals surface area contributed by atoms with Crippen LogP contribution in [0.5, 0.6) is 0 Å². The Morgan fingerprint density at radius 2 is 2.19 bits per heavy atom. The average Bonchev–Trinajstić information content (AvgIpc) is 2.14. The molecule has 0 aromatic heterocycles. The van der Waals surface area contributed by atoms with Crippen molar-refractivity contribution in [2.24, 2.45) is 0 Å². The minimum Gasteiger partial charge on any atom is -0.397 e. The second-order valence-corrected chi connectivity index (χ2v) is 6.53. The molecule has 0 saturated carbocycles. The van der Waals surface area contributed by atoms with Crippen LogP contribution in [0.2, 0.25) is 0 Å². The molecule has 6 heteroatoms. The molecule has 0 aliphatic carbocycles. The van der Waals surface area contributed by atoms with Crippen molar-refractivity contribution < 1.29 is 8.42 Å². The van der Waals surface area contributed by atoms with Crippen molar-refractivity contribution in [3.05, 3.63) is 29.3 Å². The minimum atomic E-state index is -3.21. The number of hydrogen-bond acceptors (Lipinski definition) is 4. The van der Waals surface area contributed by atoms with Gasteiger partial charge in [0.15, 0.2) is 9.84 Å². The number of rotatable bonds is 4. The van der Waals surface area contributed by atoms with E-state index in [1.165, 1.54) is 12.1 Å². The summed E-state index contributed by atoms with van der Waals surface area (Å²) in [6.07, 6.45) is 1.15. The van der Waals surface area contributed by atoms with Gasteiger partial charge in [-0.3, -0.25) is 0 Å². The normalized spacial score (nSPS) is 11.1. The smallest absolute Gasteiger partial charge is 0.175 e. The van der Waals surface area contributed by atoms with Crippen molar-refractivity contribution in [2.75, 3.05) is 23.9 Å². The maximum atomic E-state index is 11.3. The number of halogens is 1. The molecule has 1 aromatic carbocycles. The van der Waals surface area contributed by atoms with Gasteiger partial charge >= 0.3 is 0 Å². The van der Waals surface area contributed by atoms with Gasteiger partial charge in [-0.15, -0.1) is 0 Å². The first-order valence-corrected chi connectivity index (χ1v) is 7.16. The second-order valence-electron chi connectivity index (χ2n) is 3.39. The third-order valence-electron chi connectivity index (χ3n) is 1.92. The Bertz CT molecular complexity index is 512. The molecule has 0 radical (unpaired) electrons. The molecular weight excluding hydrogens is 292 g/mol. The topological polar surface area (TPSA) is 72.2 Å². The molecule has 0 aliphatic heterocycles. The van der Waals surface area contributed by atoms with Gasteiger partial charge in [0, 0.05) is 17.3 Å². The number of anilines is 2. The molecule has 0 spiro atoms. The van der Waals surface area contributed by atoms with Gasteiger partial charge in [0.05, 0.1) is 16.3 Å². The predicted octanol–water partition coefficient (Wildman–Crippen LogP) is 1.99. The Labute approximate surface area is 104 Å². The van der Waals surface area contributed by atoms with E-state index in [4.69, 9.17) is 5.73 Å². The fourth-order valence-electron chi connectivity index (χ4n) is 1.12. The summed E-state index contributed by atoms with van der Waals surface area (Å²) in [6.45, 7) is 4.20. The number of hydrogen-bond donors (Lipinski definition) is 2. The van der Waals surface area contributed by atoms with E-state index in [0.717, 1.165) is 10.7 Å². The van der Waals surface area contributed by atoms with Crippen LogP contribution in [0.4, 0.5) is 11.4 Å². The molecule has 0 atom stereocenters. The van der Waals surface area contributed by atoms with Crippen molar-refractivity contribution in [2.45, 2.75) is 4.90 Å². The van der Waals surface area contributed by atoms with Gasteiger partial charge < -0.3 is 11.1 Å². The van der Waals surface area contributed by atoms with E-state index in [9.17, 15) is 8.42 Å². The summed E-state index contributed by atoms with van der Waals surface area (Å²) in [6, 6.07) is 4.60. The van der Waals surface area contributed by atoms with E-state index in [1.807, 2.05) is 0 Å². The van der Waals surface area contributed by atoms with Crippen molar-refractivity contribution in [3.63, 3.8) is 0 Å². The number of nitrogens with two attached hydrogens (primary N) is 1. The van der Waals surface area contributed by atoms with E-state index in [2.05, 4.69) is 27.8 Å². The van der Waals surface area contributed by atoms with Gasteiger partial charge in [-0.1, -0.05) is 22.5 Å². The lowest BCUT2D eigenvalue weighted by Gasteiger charge is -2.09. The molecule has 0 amide bonds. The maximum absolute atomic E-state index is 11.3. The first-order chi connectivity index (χ1) is 7.30. The summed E-state index contributed by atoms with van der Waals surface area (Å²) < 4.78 is 23.3. The highest BCUT2D eigenvalue weighted by molar-refractivity contribution is 9.11. The molecule has 0 saturated heterocycles. The Morgan fingerprint density at radius 3 is 2.62 bits per heavy atom. The molecule has 4 nitrogen and oxygen atoms in total. The van der Waals surface area contributed by atoms with Crippen LogP contribution in [-0.2, 0) is 9.84 Å². The Hall–Kier alpha value is -1.01. The summed E-state index contributed by atoms with van der Waals surface area (Å²) in [5, 5.41) is 3.02. The van der Waals surface area contributed by atoms with Crippen molar-refractivity contribution >= 4 is 37.1 Å². The molecule has 16 heavy (non-hydrogen) atoms. The predicted molar refractivity (Wildman–Crippen MR) is 70.5 cm³/mol. The largest absolute Gasteiger partial charge is 0.397 e. The zero-order chi connectivity index (χ0) is 12.3. The summed E-state index contributed by atoms with van der Waals surface area (Å²) in [5.41, 5.74) is 6.82. The molecule has 1 aromatic rings. The molecule has 0 aliphatic rings. The van der Waals surface area contributed by atoms with Crippen LogP contribution < -0.4 is 11.1 Å². The van der Waals surface area contributed by atoms with Crippen LogP contribution in [0.25, 0.3) is 0 Å². The molecule has 0 unspecified atom stereocenters. The third-order valence-corrected chi connectivity index (χ3v) is 3.31. The van der Waals surface area contributed by atoms with Crippen LogP contribution in [0.1, 0.15) is 0 Å². The zero-order valence-corrected chi connectivity index (χ0v) is 11.2. The Kier molecular flexibility index (Phi) is 3.98. The minimum absolute atomic E-state index is 0.216. The highest BCUT2D eigenvalue weighted by Gasteiger charge is 2.09. The SMILES string of the molecule is C=C(Br)CNc1ccc(S(C)(=O)=O)cc1N. The van der Waals surface area contributed by atoms with Gasteiger partial charge in [0.25, 0.3) is 0 Å². The highest BCUT2D eigenvalue weighted by Crippen LogP contribution is 2.22. The standard InChI is InChI=1S/C10H13BrN2O2S/c1-7(11)6-13-10-4-3-8(5-9(10)12)16(2,14)15/h3-5,13H,1,6,12H2,2H3. The molecule has 88 valence electrons. The monoisotopic (exact) mass is 304 g/mol. The van der Waals surface area contributed by atoms with E-state index in [0.29, 0.717) is 17.9 Å². The number of nitrogen functional groups attached to an aromatic ring is 1. The van der Waals surface area contributed by atoms with Crippen LogP contribution in [0.15, 0.2) is 34.2 Å². The van der Waals surface area contributed by atoms with E-state index in [-0.39, 0.29) is 4.90 Å². The Morgan fingerprint density at radius 1 is 1.56 bits per heavy atom. The molecule has 0 fully saturated rings. The Balaban J connectivity index is 2.96. The third kappa shape index (κ3) is 3.53. The molecular formula is C10H13BrN2O2S. The fourth-order valence-corrected chi connectivity index (χ4v) is 1.92. The summed E-state index contributed by atoms with van der Waals surface area (Å²) >= 11 is 3.21. The number of nitrogens with one attached hydrogen (secondary N) is 1. The highest BCUT2D eigenvalue weighted by atomic mass is 79.9. The van der Waals surface area contributed by atoms with Gasteiger partial charge in [-0.25, -0.2) is 8.42 Å². The molecule has 1 rings (SSSR count). The quantitative estimate of drug-likeness (QED) is 0.835. The fraction of sp³-hybridized carbons (Fsp3) is 0.200. The summed E-state index contributed by atoms with van der Waals surface area (Å²) in [5.74, 6) is 0. The first kappa shape index (κ1) is 13.1. The molecule has 0 bridgehead atoms. The van der Waals surface area contributed by atoms with Crippen molar-refractivity contribution in [1.29, 1.82) is 0 Å². The lowest BCUT2D eigenvalue weighted by molar-refractivity contribution is 0.602. The van der Waals surface area contributed by atoms with Crippen LogP contribution in [-0.4, -0.2) is 21.2 Å². The van der Waals surface area contributed by atoms with Crippen LogP contribution >= 0.6 is 15.9 Å². The number of sulfone groups is 1. The second kappa shape index (κ2) is 4.88. The van der Waals surface area contributed by atoms with Crippen LogP contribution in [0.3, 0.4) is 0 Å². The van der Waals surface area contributed by atoms with E-state index < -0.39 is 9.84 Å². The zero-order valence-electron chi connectivity index (χ0n) is 8.83.